The first-order chi connectivity index (χ1) is 11.9. The van der Waals surface area contributed by atoms with Gasteiger partial charge in [-0.15, -0.1) is 11.3 Å². The second-order valence-corrected chi connectivity index (χ2v) is 8.56. The molecule has 0 saturated carbocycles. The molecule has 130 valence electrons. The number of sulfonamides is 1. The van der Waals surface area contributed by atoms with Gasteiger partial charge in [-0.05, 0) is 30.3 Å². The minimum atomic E-state index is -3.85. The first-order valence-electron chi connectivity index (χ1n) is 7.10. The summed E-state index contributed by atoms with van der Waals surface area (Å²) in [5, 5.41) is 11.2. The number of rotatable bonds is 6. The van der Waals surface area contributed by atoms with Crippen LogP contribution < -0.4 is 4.31 Å². The van der Waals surface area contributed by atoms with Crippen molar-refractivity contribution in [3.63, 3.8) is 0 Å². The number of hydrogen-bond donors (Lipinski definition) is 0. The first-order valence-corrected chi connectivity index (χ1v) is 10.5. The summed E-state index contributed by atoms with van der Waals surface area (Å²) in [7, 11) is -3.85. The molecule has 0 aliphatic heterocycles. The van der Waals surface area contributed by atoms with E-state index in [0.717, 1.165) is 10.2 Å². The second kappa shape index (κ2) is 7.06. The molecule has 0 amide bonds. The van der Waals surface area contributed by atoms with Gasteiger partial charge >= 0.3 is 0 Å². The minimum absolute atomic E-state index is 0.00320. The fraction of sp³-hybridized carbons (Fsp3) is 0.133. The van der Waals surface area contributed by atoms with E-state index in [9.17, 15) is 18.5 Å². The highest BCUT2D eigenvalue weighted by Crippen LogP contribution is 2.29. The number of fused-ring (bicyclic) bond motifs is 1. The Labute approximate surface area is 156 Å². The lowest BCUT2D eigenvalue weighted by Crippen LogP contribution is -2.32. The van der Waals surface area contributed by atoms with Crippen LogP contribution in [0.4, 0.5) is 11.4 Å². The van der Waals surface area contributed by atoms with E-state index in [-0.39, 0.29) is 17.1 Å². The molecule has 0 fully saturated rings. The fourth-order valence-electron chi connectivity index (χ4n) is 2.33. The zero-order valence-corrected chi connectivity index (χ0v) is 15.9. The van der Waals surface area contributed by atoms with Crippen LogP contribution >= 0.6 is 27.3 Å². The van der Waals surface area contributed by atoms with E-state index < -0.39 is 14.9 Å². The molecule has 1 aromatic heterocycles. The molecular weight excluding hydrogens is 430 g/mol. The summed E-state index contributed by atoms with van der Waals surface area (Å²) in [5.74, 6) is 0. The molecule has 1 heterocycles. The summed E-state index contributed by atoms with van der Waals surface area (Å²) in [6, 6.07) is 10.1. The van der Waals surface area contributed by atoms with E-state index in [1.165, 1.54) is 39.9 Å². The number of nitro groups is 1. The van der Waals surface area contributed by atoms with Crippen LogP contribution in [0.1, 0.15) is 0 Å². The standard InChI is InChI=1S/C15H12BrN3O4S2/c16-7-8-18(12-3-6-14-15(9-12)24-10-17-14)25(22,23)13-4-1-11(2-5-13)19(20)21/h1-6,9-10H,7-8H2. The maximum absolute atomic E-state index is 13.0. The van der Waals surface area contributed by atoms with Crippen molar-refractivity contribution < 1.29 is 13.3 Å². The number of nitrogens with zero attached hydrogens (tertiary/aromatic N) is 3. The lowest BCUT2D eigenvalue weighted by molar-refractivity contribution is -0.384. The molecule has 0 radical (unpaired) electrons. The van der Waals surface area contributed by atoms with Crippen molar-refractivity contribution in [1.29, 1.82) is 0 Å². The Morgan fingerprint density at radius 1 is 1.20 bits per heavy atom. The topological polar surface area (TPSA) is 93.4 Å². The van der Waals surface area contributed by atoms with E-state index in [1.807, 2.05) is 0 Å². The monoisotopic (exact) mass is 441 g/mol. The molecule has 0 spiro atoms. The van der Waals surface area contributed by atoms with Crippen molar-refractivity contribution in [1.82, 2.24) is 4.98 Å². The van der Waals surface area contributed by atoms with Crippen molar-refractivity contribution in [3.8, 4) is 0 Å². The Kier molecular flexibility index (Phi) is 5.02. The second-order valence-electron chi connectivity index (χ2n) is 5.02. The predicted octanol–water partition coefficient (Wildman–Crippen LogP) is 3.79. The van der Waals surface area contributed by atoms with Gasteiger partial charge in [-0.1, -0.05) is 15.9 Å². The summed E-state index contributed by atoms with van der Waals surface area (Å²) in [6.45, 7) is 0.226. The SMILES string of the molecule is O=[N+]([O-])c1ccc(S(=O)(=O)N(CCBr)c2ccc3ncsc3c2)cc1. The van der Waals surface area contributed by atoms with Gasteiger partial charge in [0.15, 0.2) is 0 Å². The lowest BCUT2D eigenvalue weighted by atomic mass is 10.3. The zero-order valence-electron chi connectivity index (χ0n) is 12.7. The Balaban J connectivity index is 2.04. The smallest absolute Gasteiger partial charge is 0.265 e. The number of nitro benzene ring substituents is 1. The van der Waals surface area contributed by atoms with E-state index in [0.29, 0.717) is 11.0 Å². The normalized spacial score (nSPS) is 11.6. The van der Waals surface area contributed by atoms with Gasteiger partial charge in [0.1, 0.15) is 0 Å². The number of anilines is 1. The first kappa shape index (κ1) is 17.8. The number of aromatic nitrogens is 1. The summed E-state index contributed by atoms with van der Waals surface area (Å²) in [4.78, 5) is 14.4. The molecule has 0 atom stereocenters. The fourth-order valence-corrected chi connectivity index (χ4v) is 5.09. The van der Waals surface area contributed by atoms with Crippen molar-refractivity contribution in [2.45, 2.75) is 4.90 Å². The average Bonchev–Trinajstić information content (AvgIpc) is 3.07. The van der Waals surface area contributed by atoms with Gasteiger partial charge in [0.2, 0.25) is 0 Å². The van der Waals surface area contributed by atoms with Crippen molar-refractivity contribution in [2.75, 3.05) is 16.2 Å². The molecule has 7 nitrogen and oxygen atoms in total. The molecule has 0 saturated heterocycles. The van der Waals surface area contributed by atoms with Gasteiger partial charge in [0.25, 0.3) is 15.7 Å². The third kappa shape index (κ3) is 3.51. The molecule has 2 aromatic carbocycles. The Bertz CT molecular complexity index is 1020. The molecule has 0 aliphatic rings. The highest BCUT2D eigenvalue weighted by molar-refractivity contribution is 9.09. The zero-order chi connectivity index (χ0) is 18.0. The summed E-state index contributed by atoms with van der Waals surface area (Å²) in [5.41, 5.74) is 2.88. The molecule has 0 unspecified atom stereocenters. The largest absolute Gasteiger partial charge is 0.269 e. The summed E-state index contributed by atoms with van der Waals surface area (Å²) in [6.07, 6.45) is 0. The van der Waals surface area contributed by atoms with Crippen LogP contribution in [0.15, 0.2) is 52.9 Å². The molecule has 25 heavy (non-hydrogen) atoms. The number of thiazole rings is 1. The third-order valence-corrected chi connectivity index (χ3v) is 6.51. The predicted molar refractivity (Wildman–Crippen MR) is 101 cm³/mol. The molecule has 10 heteroatoms. The van der Waals surface area contributed by atoms with E-state index >= 15 is 0 Å². The summed E-state index contributed by atoms with van der Waals surface area (Å²) >= 11 is 4.71. The van der Waals surface area contributed by atoms with Gasteiger partial charge in [-0.3, -0.25) is 14.4 Å². The van der Waals surface area contributed by atoms with Gasteiger partial charge in [0.05, 0.1) is 31.2 Å². The minimum Gasteiger partial charge on any atom is -0.265 e. The number of benzene rings is 2. The third-order valence-electron chi connectivity index (χ3n) is 3.53. The van der Waals surface area contributed by atoms with Crippen molar-refractivity contribution >= 4 is 58.9 Å². The van der Waals surface area contributed by atoms with Crippen LogP contribution in [-0.4, -0.2) is 30.2 Å². The molecule has 3 rings (SSSR count). The van der Waals surface area contributed by atoms with Crippen molar-refractivity contribution in [3.05, 3.63) is 58.1 Å². The molecule has 0 aliphatic carbocycles. The Morgan fingerprint density at radius 2 is 1.92 bits per heavy atom. The number of non-ortho nitro benzene ring substituents is 1. The maximum atomic E-state index is 13.0. The lowest BCUT2D eigenvalue weighted by Gasteiger charge is -2.23. The van der Waals surface area contributed by atoms with Crippen LogP contribution in [0, 0.1) is 10.1 Å². The Hall–Kier alpha value is -2.04. The van der Waals surface area contributed by atoms with E-state index in [1.54, 1.807) is 23.7 Å². The molecule has 0 bridgehead atoms. The van der Waals surface area contributed by atoms with Gasteiger partial charge in [0, 0.05) is 24.0 Å². The average molecular weight is 442 g/mol. The molecule has 0 N–H and O–H groups in total. The Morgan fingerprint density at radius 3 is 2.56 bits per heavy atom. The van der Waals surface area contributed by atoms with Gasteiger partial charge < -0.3 is 0 Å². The van der Waals surface area contributed by atoms with Crippen LogP contribution in [0.5, 0.6) is 0 Å². The van der Waals surface area contributed by atoms with Gasteiger partial charge in [-0.2, -0.15) is 0 Å². The van der Waals surface area contributed by atoms with Crippen LogP contribution in [0.3, 0.4) is 0 Å². The van der Waals surface area contributed by atoms with Gasteiger partial charge in [-0.25, -0.2) is 13.4 Å². The van der Waals surface area contributed by atoms with Crippen LogP contribution in [0.25, 0.3) is 10.2 Å². The van der Waals surface area contributed by atoms with Crippen molar-refractivity contribution in [2.24, 2.45) is 0 Å². The highest BCUT2D eigenvalue weighted by Gasteiger charge is 2.25. The number of halogens is 1. The van der Waals surface area contributed by atoms with Crippen LogP contribution in [0.2, 0.25) is 0 Å². The summed E-state index contributed by atoms with van der Waals surface area (Å²) < 4.78 is 28.2. The number of hydrogen-bond acceptors (Lipinski definition) is 6. The number of alkyl halides is 1. The quantitative estimate of drug-likeness (QED) is 0.329. The highest BCUT2D eigenvalue weighted by atomic mass is 79.9. The molecule has 3 aromatic rings. The molecular formula is C15H12BrN3O4S2. The van der Waals surface area contributed by atoms with E-state index in [2.05, 4.69) is 20.9 Å². The van der Waals surface area contributed by atoms with Crippen LogP contribution in [-0.2, 0) is 10.0 Å². The maximum Gasteiger partial charge on any atom is 0.269 e. The van der Waals surface area contributed by atoms with E-state index in [4.69, 9.17) is 0 Å².